The number of hydrogen-bond acceptors (Lipinski definition) is 7. The van der Waals surface area contributed by atoms with E-state index in [0.717, 1.165) is 22.1 Å². The molecule has 2 aromatic carbocycles. The molecule has 0 spiro atoms. The number of nitriles is 1. The van der Waals surface area contributed by atoms with Crippen LogP contribution in [-0.4, -0.2) is 48.8 Å². The van der Waals surface area contributed by atoms with Gasteiger partial charge in [-0.1, -0.05) is 30.3 Å². The monoisotopic (exact) mass is 453 g/mol. The maximum Gasteiger partial charge on any atom is 0.244 e. The number of nitrogens with zero attached hydrogens (tertiary/aromatic N) is 4. The van der Waals surface area contributed by atoms with Crippen molar-refractivity contribution < 1.29 is 8.42 Å². The molecule has 3 aromatic rings. The normalized spacial score (nSPS) is 15.5. The molecule has 0 saturated carbocycles. The molecule has 0 unspecified atom stereocenters. The molecular formula is C22H23N5O2S2. The topological polar surface area (TPSA) is 89.3 Å². The van der Waals surface area contributed by atoms with Crippen molar-refractivity contribution in [1.82, 2.24) is 14.2 Å². The van der Waals surface area contributed by atoms with Crippen LogP contribution < -0.4 is 5.32 Å². The highest BCUT2D eigenvalue weighted by Gasteiger charge is 2.30. The summed E-state index contributed by atoms with van der Waals surface area (Å²) in [5, 5.41) is 15.5. The maximum absolute atomic E-state index is 13.0. The van der Waals surface area contributed by atoms with Crippen LogP contribution in [0.5, 0.6) is 0 Å². The number of thiazole rings is 1. The molecule has 1 N–H and O–H groups in total. The van der Waals surface area contributed by atoms with E-state index >= 15 is 0 Å². The first-order chi connectivity index (χ1) is 15.0. The highest BCUT2D eigenvalue weighted by atomic mass is 32.2. The van der Waals surface area contributed by atoms with Crippen molar-refractivity contribution in [2.24, 2.45) is 0 Å². The fraction of sp³-hybridized carbons (Fsp3) is 0.273. The molecular weight excluding hydrogens is 430 g/mol. The Balaban J connectivity index is 1.36. The molecule has 0 bridgehead atoms. The third-order valence-electron chi connectivity index (χ3n) is 5.28. The van der Waals surface area contributed by atoms with Crippen LogP contribution in [0.15, 0.2) is 58.8 Å². The van der Waals surface area contributed by atoms with Gasteiger partial charge in [-0.15, -0.1) is 11.3 Å². The van der Waals surface area contributed by atoms with Gasteiger partial charge in [0, 0.05) is 43.8 Å². The minimum absolute atomic E-state index is 0.0809. The zero-order valence-corrected chi connectivity index (χ0v) is 18.8. The fourth-order valence-electron chi connectivity index (χ4n) is 3.55. The van der Waals surface area contributed by atoms with Crippen molar-refractivity contribution in [3.05, 3.63) is 70.7 Å². The molecule has 1 aliphatic heterocycles. The summed E-state index contributed by atoms with van der Waals surface area (Å²) in [6.45, 7) is 4.74. The lowest BCUT2D eigenvalue weighted by Gasteiger charge is -2.33. The molecule has 7 nitrogen and oxygen atoms in total. The van der Waals surface area contributed by atoms with Crippen LogP contribution in [0.25, 0.3) is 0 Å². The average Bonchev–Trinajstić information content (AvgIpc) is 3.22. The molecule has 2 heterocycles. The van der Waals surface area contributed by atoms with E-state index in [4.69, 9.17) is 0 Å². The SMILES string of the molecule is Cc1ccccc1Nc1nc(CN2CCN(S(=O)(=O)c3ccccc3C#N)CC2)cs1. The van der Waals surface area contributed by atoms with Gasteiger partial charge in [-0.25, -0.2) is 13.4 Å². The lowest BCUT2D eigenvalue weighted by molar-refractivity contribution is 0.180. The summed E-state index contributed by atoms with van der Waals surface area (Å²) in [7, 11) is -3.68. The predicted octanol–water partition coefficient (Wildman–Crippen LogP) is 3.57. The molecule has 0 atom stereocenters. The van der Waals surface area contributed by atoms with E-state index in [-0.39, 0.29) is 10.5 Å². The van der Waals surface area contributed by atoms with Gasteiger partial charge in [-0.05, 0) is 30.7 Å². The fourth-order valence-corrected chi connectivity index (χ4v) is 5.82. The Morgan fingerprint density at radius 3 is 2.55 bits per heavy atom. The summed E-state index contributed by atoms with van der Waals surface area (Å²) in [5.74, 6) is 0. The van der Waals surface area contributed by atoms with E-state index in [2.05, 4.69) is 28.2 Å². The largest absolute Gasteiger partial charge is 0.331 e. The molecule has 0 amide bonds. The quantitative estimate of drug-likeness (QED) is 0.614. The number of para-hydroxylation sites is 1. The van der Waals surface area contributed by atoms with Gasteiger partial charge in [-0.3, -0.25) is 4.90 Å². The van der Waals surface area contributed by atoms with Gasteiger partial charge in [0.05, 0.1) is 16.2 Å². The van der Waals surface area contributed by atoms with Crippen LogP contribution in [0.1, 0.15) is 16.8 Å². The Hall–Kier alpha value is -2.77. The number of hydrogen-bond donors (Lipinski definition) is 1. The summed E-state index contributed by atoms with van der Waals surface area (Å²) in [6.07, 6.45) is 0. The van der Waals surface area contributed by atoms with E-state index in [1.165, 1.54) is 16.4 Å². The maximum atomic E-state index is 13.0. The van der Waals surface area contributed by atoms with Crippen molar-refractivity contribution in [3.8, 4) is 6.07 Å². The van der Waals surface area contributed by atoms with Crippen molar-refractivity contribution in [1.29, 1.82) is 5.26 Å². The highest BCUT2D eigenvalue weighted by Crippen LogP contribution is 2.25. The Labute approximate surface area is 186 Å². The van der Waals surface area contributed by atoms with E-state index in [9.17, 15) is 13.7 Å². The van der Waals surface area contributed by atoms with Gasteiger partial charge in [-0.2, -0.15) is 9.57 Å². The molecule has 31 heavy (non-hydrogen) atoms. The molecule has 160 valence electrons. The lowest BCUT2D eigenvalue weighted by atomic mass is 10.2. The van der Waals surface area contributed by atoms with Crippen LogP contribution in [-0.2, 0) is 16.6 Å². The number of rotatable bonds is 6. The second kappa shape index (κ2) is 9.16. The van der Waals surface area contributed by atoms with Crippen molar-refractivity contribution in [2.75, 3.05) is 31.5 Å². The summed E-state index contributed by atoms with van der Waals surface area (Å²) in [4.78, 5) is 6.96. The second-order valence-electron chi connectivity index (χ2n) is 7.37. The number of aryl methyl sites for hydroxylation is 1. The summed E-state index contributed by atoms with van der Waals surface area (Å²) in [6, 6.07) is 16.4. The zero-order chi connectivity index (χ0) is 21.8. The molecule has 4 rings (SSSR count). The van der Waals surface area contributed by atoms with Crippen LogP contribution in [0.4, 0.5) is 10.8 Å². The lowest BCUT2D eigenvalue weighted by Crippen LogP contribution is -2.48. The minimum atomic E-state index is -3.68. The van der Waals surface area contributed by atoms with Gasteiger partial charge in [0.25, 0.3) is 0 Å². The number of nitrogens with one attached hydrogen (secondary N) is 1. The van der Waals surface area contributed by atoms with Gasteiger partial charge in [0.1, 0.15) is 6.07 Å². The molecule has 0 radical (unpaired) electrons. The molecule has 1 aliphatic rings. The standard InChI is InChI=1S/C22H23N5O2S2/c1-17-6-2-4-8-20(17)25-22-24-19(16-30-22)15-26-10-12-27(13-11-26)31(28,29)21-9-5-3-7-18(21)14-23/h2-9,16H,10-13,15H2,1H3,(H,24,25). The van der Waals surface area contributed by atoms with Gasteiger partial charge in [0.2, 0.25) is 10.0 Å². The third kappa shape index (κ3) is 4.78. The molecule has 1 aromatic heterocycles. The smallest absolute Gasteiger partial charge is 0.244 e. The van der Waals surface area contributed by atoms with Crippen LogP contribution in [0.3, 0.4) is 0 Å². The summed E-state index contributed by atoms with van der Waals surface area (Å²) < 4.78 is 27.4. The number of piperazine rings is 1. The first kappa shape index (κ1) is 21.5. The molecule has 0 aliphatic carbocycles. The van der Waals surface area contributed by atoms with Crippen molar-refractivity contribution >= 4 is 32.2 Å². The summed E-state index contributed by atoms with van der Waals surface area (Å²) in [5.41, 5.74) is 3.35. The van der Waals surface area contributed by atoms with Gasteiger partial charge >= 0.3 is 0 Å². The van der Waals surface area contributed by atoms with Crippen molar-refractivity contribution in [2.45, 2.75) is 18.4 Å². The Kier molecular flexibility index (Phi) is 6.34. The Morgan fingerprint density at radius 2 is 1.81 bits per heavy atom. The van der Waals surface area contributed by atoms with E-state index < -0.39 is 10.0 Å². The van der Waals surface area contributed by atoms with E-state index in [0.29, 0.717) is 32.7 Å². The van der Waals surface area contributed by atoms with Gasteiger partial charge < -0.3 is 5.32 Å². The molecule has 9 heteroatoms. The van der Waals surface area contributed by atoms with Crippen LogP contribution >= 0.6 is 11.3 Å². The number of anilines is 2. The van der Waals surface area contributed by atoms with Crippen molar-refractivity contribution in [3.63, 3.8) is 0 Å². The average molecular weight is 454 g/mol. The predicted molar refractivity (Wildman–Crippen MR) is 122 cm³/mol. The number of aromatic nitrogens is 1. The number of sulfonamides is 1. The summed E-state index contributed by atoms with van der Waals surface area (Å²) >= 11 is 1.56. The molecule has 1 fully saturated rings. The van der Waals surface area contributed by atoms with Crippen LogP contribution in [0.2, 0.25) is 0 Å². The van der Waals surface area contributed by atoms with Gasteiger partial charge in [0.15, 0.2) is 5.13 Å². The Bertz CT molecular complexity index is 1210. The minimum Gasteiger partial charge on any atom is -0.331 e. The second-order valence-corrected chi connectivity index (χ2v) is 10.1. The third-order valence-corrected chi connectivity index (χ3v) is 8.04. The van der Waals surface area contributed by atoms with Crippen LogP contribution in [0, 0.1) is 18.3 Å². The highest BCUT2D eigenvalue weighted by molar-refractivity contribution is 7.89. The molecule has 1 saturated heterocycles. The van der Waals surface area contributed by atoms with E-state index in [1.54, 1.807) is 23.5 Å². The first-order valence-corrected chi connectivity index (χ1v) is 12.3. The number of benzene rings is 2. The van der Waals surface area contributed by atoms with E-state index in [1.807, 2.05) is 29.6 Å². The first-order valence-electron chi connectivity index (χ1n) is 9.96. The zero-order valence-electron chi connectivity index (χ0n) is 17.2. The Morgan fingerprint density at radius 1 is 1.10 bits per heavy atom.